The summed E-state index contributed by atoms with van der Waals surface area (Å²) in [6, 6.07) is 6.86. The summed E-state index contributed by atoms with van der Waals surface area (Å²) in [6.45, 7) is 4.91. The van der Waals surface area contributed by atoms with Crippen LogP contribution in [0.1, 0.15) is 44.4 Å². The Morgan fingerprint density at radius 1 is 1.32 bits per heavy atom. The number of aromatic nitrogens is 1. The topological polar surface area (TPSA) is 141 Å². The van der Waals surface area contributed by atoms with Gasteiger partial charge in [0.15, 0.2) is 5.96 Å². The van der Waals surface area contributed by atoms with Gasteiger partial charge in [0.05, 0.1) is 11.7 Å². The van der Waals surface area contributed by atoms with Crippen molar-refractivity contribution in [2.45, 2.75) is 63.8 Å². The van der Waals surface area contributed by atoms with Crippen LogP contribution in [0.3, 0.4) is 0 Å². The minimum absolute atomic E-state index is 0.0262. The number of benzene rings is 1. The van der Waals surface area contributed by atoms with E-state index in [4.69, 9.17) is 11.5 Å². The fourth-order valence-electron chi connectivity index (χ4n) is 5.13. The molecule has 2 aliphatic heterocycles. The third-order valence-corrected chi connectivity index (χ3v) is 6.60. The molecule has 166 valence electrons. The average Bonchev–Trinajstić information content (AvgIpc) is 3.16. The molecule has 2 aliphatic rings. The van der Waals surface area contributed by atoms with Crippen molar-refractivity contribution < 1.29 is 14.7 Å². The number of carboxylic acids is 1. The first kappa shape index (κ1) is 21.2. The molecule has 1 amide bonds. The van der Waals surface area contributed by atoms with Crippen molar-refractivity contribution in [2.75, 3.05) is 6.54 Å². The smallest absolute Gasteiger partial charge is 0.326 e. The largest absolute Gasteiger partial charge is 0.480 e. The molecule has 1 aromatic carbocycles. The van der Waals surface area contributed by atoms with Crippen LogP contribution in [0, 0.1) is 0 Å². The van der Waals surface area contributed by atoms with Gasteiger partial charge < -0.3 is 26.5 Å². The van der Waals surface area contributed by atoms with Gasteiger partial charge >= 0.3 is 5.97 Å². The second-order valence-corrected chi connectivity index (χ2v) is 8.83. The third kappa shape index (κ3) is 3.63. The van der Waals surface area contributed by atoms with Crippen molar-refractivity contribution in [1.29, 1.82) is 0 Å². The quantitative estimate of drug-likeness (QED) is 0.299. The molecule has 0 saturated carbocycles. The van der Waals surface area contributed by atoms with Crippen LogP contribution in [0.25, 0.3) is 10.9 Å². The number of carbonyl (C=O) groups is 2. The van der Waals surface area contributed by atoms with Gasteiger partial charge in [-0.1, -0.05) is 18.2 Å². The van der Waals surface area contributed by atoms with Gasteiger partial charge in [-0.25, -0.2) is 4.79 Å². The highest BCUT2D eigenvalue weighted by atomic mass is 16.4. The summed E-state index contributed by atoms with van der Waals surface area (Å²) < 4.78 is 0. The van der Waals surface area contributed by atoms with E-state index < -0.39 is 17.7 Å². The Bertz CT molecular complexity index is 1040. The molecule has 2 aromatic rings. The van der Waals surface area contributed by atoms with E-state index in [1.165, 1.54) is 0 Å². The molecule has 9 heteroatoms. The summed E-state index contributed by atoms with van der Waals surface area (Å²) >= 11 is 0. The molecule has 0 spiro atoms. The Balaban J connectivity index is 1.57. The number of nitrogens with two attached hydrogens (primary N) is 2. The molecule has 1 aromatic heterocycles. The maximum atomic E-state index is 13.5. The Kier molecular flexibility index (Phi) is 5.38. The number of para-hydroxylation sites is 1. The van der Waals surface area contributed by atoms with Crippen molar-refractivity contribution in [1.82, 2.24) is 14.8 Å². The van der Waals surface area contributed by atoms with Gasteiger partial charge in [0, 0.05) is 29.7 Å². The van der Waals surface area contributed by atoms with E-state index in [-0.39, 0.29) is 17.9 Å². The minimum Gasteiger partial charge on any atom is -0.480 e. The summed E-state index contributed by atoms with van der Waals surface area (Å²) in [4.78, 5) is 36.8. The zero-order valence-corrected chi connectivity index (χ0v) is 18.0. The van der Waals surface area contributed by atoms with E-state index in [2.05, 4.69) is 20.9 Å². The fourth-order valence-corrected chi connectivity index (χ4v) is 5.13. The summed E-state index contributed by atoms with van der Waals surface area (Å²) in [5, 5.41) is 11.1. The van der Waals surface area contributed by atoms with E-state index in [0.29, 0.717) is 38.8 Å². The molecule has 31 heavy (non-hydrogen) atoms. The minimum atomic E-state index is -0.980. The van der Waals surface area contributed by atoms with Gasteiger partial charge in [-0.05, 0) is 51.2 Å². The number of amides is 1. The lowest BCUT2D eigenvalue weighted by molar-refractivity contribution is -0.153. The fraction of sp³-hybridized carbons (Fsp3) is 0.500. The lowest BCUT2D eigenvalue weighted by Gasteiger charge is -2.42. The molecule has 0 unspecified atom stereocenters. The van der Waals surface area contributed by atoms with E-state index >= 15 is 0 Å². The highest BCUT2D eigenvalue weighted by Gasteiger charge is 2.56. The molecule has 9 nitrogen and oxygen atoms in total. The number of aliphatic imine (C=N–C) groups is 1. The Morgan fingerprint density at radius 3 is 2.77 bits per heavy atom. The van der Waals surface area contributed by atoms with Crippen LogP contribution >= 0.6 is 0 Å². The number of aliphatic carboxylic acids is 1. The molecule has 0 bridgehead atoms. The maximum absolute atomic E-state index is 13.5. The number of carboxylic acid groups (broad SMARTS) is 1. The van der Waals surface area contributed by atoms with Crippen molar-refractivity contribution in [3.63, 3.8) is 0 Å². The summed E-state index contributed by atoms with van der Waals surface area (Å²) in [7, 11) is 0. The molecule has 3 heterocycles. The van der Waals surface area contributed by atoms with Crippen LogP contribution in [-0.4, -0.2) is 62.0 Å². The monoisotopic (exact) mass is 426 g/mol. The predicted octanol–water partition coefficient (Wildman–Crippen LogP) is 1.37. The standard InChI is InChI=1S/C22H30N6O3/c1-22(2)27-12-16-14(13-7-3-4-8-15(13)26-16)11-18(27)19(29)28(22)17(20(30)31)9-5-6-10-25-21(23)24/h3-4,7-8,17-18,26H,5-6,9-12H2,1-2H3,(H,30,31)(H4,23,24,25)/t17-,18-/m0/s1. The van der Waals surface area contributed by atoms with Gasteiger partial charge in [0.25, 0.3) is 0 Å². The first-order valence-electron chi connectivity index (χ1n) is 10.7. The molecule has 0 aliphatic carbocycles. The number of carbonyl (C=O) groups excluding carboxylic acids is 1. The highest BCUT2D eigenvalue weighted by Crippen LogP contribution is 2.42. The van der Waals surface area contributed by atoms with Crippen LogP contribution in [-0.2, 0) is 22.6 Å². The molecule has 1 saturated heterocycles. The first-order valence-corrected chi connectivity index (χ1v) is 10.7. The van der Waals surface area contributed by atoms with Gasteiger partial charge in [-0.2, -0.15) is 0 Å². The third-order valence-electron chi connectivity index (χ3n) is 6.60. The van der Waals surface area contributed by atoms with E-state index in [0.717, 1.165) is 22.2 Å². The van der Waals surface area contributed by atoms with Crippen LogP contribution in [0.5, 0.6) is 0 Å². The van der Waals surface area contributed by atoms with Gasteiger partial charge in [0.2, 0.25) is 5.91 Å². The van der Waals surface area contributed by atoms with Crippen LogP contribution < -0.4 is 11.5 Å². The maximum Gasteiger partial charge on any atom is 0.326 e. The SMILES string of the molecule is CC1(C)N2Cc3[nH]c4ccccc4c3C[C@H]2C(=O)N1[C@@H](CCCCN=C(N)N)C(=O)O. The van der Waals surface area contributed by atoms with Gasteiger partial charge in [0.1, 0.15) is 6.04 Å². The molecule has 6 N–H and O–H groups in total. The van der Waals surface area contributed by atoms with Crippen molar-refractivity contribution in [3.8, 4) is 0 Å². The summed E-state index contributed by atoms with van der Waals surface area (Å²) in [6.07, 6.45) is 2.21. The van der Waals surface area contributed by atoms with Crippen molar-refractivity contribution in [2.24, 2.45) is 16.5 Å². The molecule has 0 radical (unpaired) electrons. The van der Waals surface area contributed by atoms with E-state index in [9.17, 15) is 14.7 Å². The predicted molar refractivity (Wildman–Crippen MR) is 118 cm³/mol. The number of hydrogen-bond donors (Lipinski definition) is 4. The normalized spacial score (nSPS) is 21.0. The molecular formula is C22H30N6O3. The summed E-state index contributed by atoms with van der Waals surface area (Å²) in [5.74, 6) is -1.07. The van der Waals surface area contributed by atoms with Crippen molar-refractivity contribution >= 4 is 28.7 Å². The highest BCUT2D eigenvalue weighted by molar-refractivity contribution is 5.92. The Labute approximate surface area is 181 Å². The lowest BCUT2D eigenvalue weighted by atomic mass is 9.96. The van der Waals surface area contributed by atoms with E-state index in [1.807, 2.05) is 32.0 Å². The number of aromatic amines is 1. The average molecular weight is 427 g/mol. The number of rotatable bonds is 7. The number of hydrogen-bond acceptors (Lipinski definition) is 4. The molecule has 4 rings (SSSR count). The lowest BCUT2D eigenvalue weighted by Crippen LogP contribution is -2.56. The molecular weight excluding hydrogens is 396 g/mol. The number of nitrogens with one attached hydrogen (secondary N) is 1. The number of H-pyrrole nitrogens is 1. The van der Waals surface area contributed by atoms with Crippen LogP contribution in [0.15, 0.2) is 29.3 Å². The number of fused-ring (bicyclic) bond motifs is 4. The number of guanidine groups is 1. The van der Waals surface area contributed by atoms with Gasteiger partial charge in [-0.15, -0.1) is 0 Å². The zero-order valence-electron chi connectivity index (χ0n) is 18.0. The number of nitrogens with zero attached hydrogens (tertiary/aromatic N) is 3. The first-order chi connectivity index (χ1) is 14.7. The van der Waals surface area contributed by atoms with Gasteiger partial charge in [-0.3, -0.25) is 14.7 Å². The van der Waals surface area contributed by atoms with E-state index in [1.54, 1.807) is 4.90 Å². The number of unbranched alkanes of at least 4 members (excludes halogenated alkanes) is 1. The molecule has 2 atom stereocenters. The van der Waals surface area contributed by atoms with Crippen molar-refractivity contribution in [3.05, 3.63) is 35.5 Å². The zero-order chi connectivity index (χ0) is 22.3. The Morgan fingerprint density at radius 2 is 2.06 bits per heavy atom. The second-order valence-electron chi connectivity index (χ2n) is 8.83. The van der Waals surface area contributed by atoms with Crippen LogP contribution in [0.4, 0.5) is 0 Å². The second kappa shape index (κ2) is 7.88. The molecule has 1 fully saturated rings. The Hall–Kier alpha value is -3.07. The van der Waals surface area contributed by atoms with Crippen LogP contribution in [0.2, 0.25) is 0 Å². The summed E-state index contributed by atoms with van der Waals surface area (Å²) in [5.41, 5.74) is 13.3.